The number of amides is 3. The van der Waals surface area contributed by atoms with Gasteiger partial charge < -0.3 is 24.8 Å². The first kappa shape index (κ1) is 31.3. The van der Waals surface area contributed by atoms with Gasteiger partial charge in [-0.25, -0.2) is 5.43 Å². The average Bonchev–Trinajstić information content (AvgIpc) is 2.85. The van der Waals surface area contributed by atoms with E-state index in [0.29, 0.717) is 57.5 Å². The number of carbonyl (C=O) groups is 3. The standard InChI is InChI=1S/C26H32ClIN4O6/c1-5-36-22-12-18(14-30-32-26(35)25(34)29-9-6-10-37-16(2)3)11-20(28)24(22)38-15-23(33)31-21-13-19(27)8-7-17(21)4/h7-8,11-14,16H,5-6,9-10,15H2,1-4H3,(H,29,34)(H,31,33)(H,32,35)/b30-14-. The predicted octanol–water partition coefficient (Wildman–Crippen LogP) is 4.05. The monoisotopic (exact) mass is 658 g/mol. The molecule has 0 radical (unpaired) electrons. The van der Waals surface area contributed by atoms with E-state index in [2.05, 4.69) is 43.8 Å². The van der Waals surface area contributed by atoms with E-state index < -0.39 is 11.8 Å². The lowest BCUT2D eigenvalue weighted by atomic mass is 10.2. The van der Waals surface area contributed by atoms with Crippen LogP contribution in [0, 0.1) is 10.5 Å². The van der Waals surface area contributed by atoms with Crippen LogP contribution in [0.15, 0.2) is 35.4 Å². The lowest BCUT2D eigenvalue weighted by molar-refractivity contribution is -0.139. The molecule has 38 heavy (non-hydrogen) atoms. The van der Waals surface area contributed by atoms with Crippen LogP contribution in [0.2, 0.25) is 5.02 Å². The summed E-state index contributed by atoms with van der Waals surface area (Å²) in [6.07, 6.45) is 2.08. The summed E-state index contributed by atoms with van der Waals surface area (Å²) in [6.45, 7) is 8.45. The lowest BCUT2D eigenvalue weighted by Gasteiger charge is -2.15. The van der Waals surface area contributed by atoms with Crippen LogP contribution in [0.3, 0.4) is 0 Å². The smallest absolute Gasteiger partial charge is 0.329 e. The van der Waals surface area contributed by atoms with Crippen molar-refractivity contribution < 1.29 is 28.6 Å². The topological polar surface area (TPSA) is 127 Å². The first-order valence-corrected chi connectivity index (χ1v) is 13.4. The molecule has 0 saturated heterocycles. The molecule has 10 nitrogen and oxygen atoms in total. The highest BCUT2D eigenvalue weighted by Gasteiger charge is 2.15. The zero-order valence-corrected chi connectivity index (χ0v) is 24.6. The van der Waals surface area contributed by atoms with Crippen molar-refractivity contribution in [2.75, 3.05) is 31.7 Å². The van der Waals surface area contributed by atoms with Crippen LogP contribution >= 0.6 is 34.2 Å². The van der Waals surface area contributed by atoms with Crippen molar-refractivity contribution in [1.29, 1.82) is 0 Å². The van der Waals surface area contributed by atoms with Gasteiger partial charge >= 0.3 is 11.8 Å². The van der Waals surface area contributed by atoms with E-state index in [9.17, 15) is 14.4 Å². The van der Waals surface area contributed by atoms with E-state index in [4.69, 9.17) is 25.8 Å². The van der Waals surface area contributed by atoms with Crippen molar-refractivity contribution in [3.63, 3.8) is 0 Å². The van der Waals surface area contributed by atoms with Gasteiger partial charge in [0.15, 0.2) is 18.1 Å². The second-order valence-electron chi connectivity index (χ2n) is 8.29. The molecule has 3 amide bonds. The van der Waals surface area contributed by atoms with Crippen LogP contribution < -0.4 is 25.5 Å². The molecule has 0 unspecified atom stereocenters. The Balaban J connectivity index is 1.95. The molecule has 0 saturated carbocycles. The van der Waals surface area contributed by atoms with Gasteiger partial charge in [-0.05, 0) is 92.1 Å². The number of anilines is 1. The minimum absolute atomic E-state index is 0.110. The third kappa shape index (κ3) is 10.8. The quantitative estimate of drug-likeness (QED) is 0.0980. The molecule has 0 bridgehead atoms. The second kappa shape index (κ2) is 16.1. The molecule has 0 aliphatic rings. The molecule has 0 aromatic heterocycles. The first-order valence-electron chi connectivity index (χ1n) is 12.0. The third-order valence-corrected chi connectivity index (χ3v) is 5.83. The van der Waals surface area contributed by atoms with E-state index in [-0.39, 0.29) is 18.6 Å². The van der Waals surface area contributed by atoms with Gasteiger partial charge in [-0.2, -0.15) is 5.10 Å². The Bertz CT molecular complexity index is 1160. The molecule has 0 spiro atoms. The zero-order valence-electron chi connectivity index (χ0n) is 21.7. The highest BCUT2D eigenvalue weighted by molar-refractivity contribution is 14.1. The number of nitrogens with one attached hydrogen (secondary N) is 3. The molecule has 0 aliphatic carbocycles. The van der Waals surface area contributed by atoms with Crippen molar-refractivity contribution in [3.05, 3.63) is 50.1 Å². The summed E-state index contributed by atoms with van der Waals surface area (Å²) in [6, 6.07) is 8.63. The highest BCUT2D eigenvalue weighted by Crippen LogP contribution is 2.34. The first-order chi connectivity index (χ1) is 18.1. The van der Waals surface area contributed by atoms with Crippen molar-refractivity contribution in [1.82, 2.24) is 10.7 Å². The van der Waals surface area contributed by atoms with E-state index in [1.807, 2.05) is 33.8 Å². The van der Waals surface area contributed by atoms with Gasteiger partial charge in [-0.15, -0.1) is 0 Å². The second-order valence-corrected chi connectivity index (χ2v) is 9.89. The SMILES string of the molecule is CCOc1cc(/C=N\NC(=O)C(=O)NCCCOC(C)C)cc(I)c1OCC(=O)Nc1cc(Cl)ccc1C. The van der Waals surface area contributed by atoms with Crippen LogP contribution in [0.25, 0.3) is 0 Å². The number of aryl methyl sites for hydroxylation is 1. The van der Waals surface area contributed by atoms with Crippen molar-refractivity contribution in [3.8, 4) is 11.5 Å². The van der Waals surface area contributed by atoms with Gasteiger partial charge in [0.05, 0.1) is 22.5 Å². The van der Waals surface area contributed by atoms with Crippen LogP contribution in [0.4, 0.5) is 5.69 Å². The molecule has 206 valence electrons. The number of nitrogens with zero attached hydrogens (tertiary/aromatic N) is 1. The number of hydrazone groups is 1. The molecule has 0 atom stereocenters. The fourth-order valence-electron chi connectivity index (χ4n) is 3.01. The highest BCUT2D eigenvalue weighted by atomic mass is 127. The van der Waals surface area contributed by atoms with Crippen molar-refractivity contribution >= 4 is 63.8 Å². The summed E-state index contributed by atoms with van der Waals surface area (Å²) in [5.41, 5.74) is 4.27. The molecule has 2 rings (SSSR count). The van der Waals surface area contributed by atoms with Crippen LogP contribution in [0.1, 0.15) is 38.3 Å². The average molecular weight is 659 g/mol. The molecule has 0 aliphatic heterocycles. The Hall–Kier alpha value is -2.90. The number of rotatable bonds is 13. The van der Waals surface area contributed by atoms with Crippen LogP contribution in [-0.4, -0.2) is 56.4 Å². The molecule has 0 fully saturated rings. The van der Waals surface area contributed by atoms with E-state index in [0.717, 1.165) is 5.56 Å². The summed E-state index contributed by atoms with van der Waals surface area (Å²) < 4.78 is 17.5. The maximum atomic E-state index is 12.5. The Morgan fingerprint density at radius 1 is 1.13 bits per heavy atom. The van der Waals surface area contributed by atoms with Crippen molar-refractivity contribution in [2.45, 2.75) is 40.2 Å². The summed E-state index contributed by atoms with van der Waals surface area (Å²) in [4.78, 5) is 36.3. The lowest BCUT2D eigenvalue weighted by Crippen LogP contribution is -2.38. The fraction of sp³-hybridized carbons (Fsp3) is 0.385. The van der Waals surface area contributed by atoms with Gasteiger partial charge in [0.1, 0.15) is 0 Å². The number of hydrogen-bond donors (Lipinski definition) is 3. The maximum Gasteiger partial charge on any atom is 0.329 e. The largest absolute Gasteiger partial charge is 0.490 e. The number of ether oxygens (including phenoxy) is 3. The van der Waals surface area contributed by atoms with Gasteiger partial charge in [-0.1, -0.05) is 17.7 Å². The van der Waals surface area contributed by atoms with Crippen LogP contribution in [-0.2, 0) is 19.1 Å². The van der Waals surface area contributed by atoms with E-state index in [1.165, 1.54) is 6.21 Å². The normalized spacial score (nSPS) is 10.9. The number of carbonyl (C=O) groups excluding carboxylic acids is 3. The third-order valence-electron chi connectivity index (χ3n) is 4.80. The summed E-state index contributed by atoms with van der Waals surface area (Å²) in [7, 11) is 0. The Kier molecular flexibility index (Phi) is 13.3. The summed E-state index contributed by atoms with van der Waals surface area (Å²) >= 11 is 8.07. The molecular formula is C26H32ClIN4O6. The molecule has 2 aromatic carbocycles. The van der Waals surface area contributed by atoms with E-state index in [1.54, 1.807) is 24.3 Å². The van der Waals surface area contributed by atoms with Gasteiger partial charge in [-0.3, -0.25) is 14.4 Å². The summed E-state index contributed by atoms with van der Waals surface area (Å²) in [5, 5.41) is 9.66. The summed E-state index contributed by atoms with van der Waals surface area (Å²) in [5.74, 6) is -1.22. The van der Waals surface area contributed by atoms with Gasteiger partial charge in [0, 0.05) is 23.9 Å². The predicted molar refractivity (Wildman–Crippen MR) is 155 cm³/mol. The molecule has 2 aromatic rings. The van der Waals surface area contributed by atoms with E-state index >= 15 is 0 Å². The number of hydrogen-bond acceptors (Lipinski definition) is 7. The van der Waals surface area contributed by atoms with Crippen LogP contribution in [0.5, 0.6) is 11.5 Å². The van der Waals surface area contributed by atoms with Gasteiger partial charge in [0.25, 0.3) is 5.91 Å². The molecular weight excluding hydrogens is 627 g/mol. The van der Waals surface area contributed by atoms with Gasteiger partial charge in [0.2, 0.25) is 0 Å². The Labute approximate surface area is 241 Å². The van der Waals surface area contributed by atoms with Crippen molar-refractivity contribution in [2.24, 2.45) is 5.10 Å². The Morgan fingerprint density at radius 2 is 1.89 bits per heavy atom. The minimum Gasteiger partial charge on any atom is -0.490 e. The number of benzene rings is 2. The maximum absolute atomic E-state index is 12.5. The molecule has 3 N–H and O–H groups in total. The Morgan fingerprint density at radius 3 is 2.61 bits per heavy atom. The minimum atomic E-state index is -0.883. The molecule has 0 heterocycles. The molecule has 12 heteroatoms. The number of halogens is 2. The fourth-order valence-corrected chi connectivity index (χ4v) is 3.96. The zero-order chi connectivity index (χ0) is 28.1.